The van der Waals surface area contributed by atoms with E-state index in [2.05, 4.69) is 10.1 Å². The molecule has 0 saturated carbocycles. The molecule has 0 saturated heterocycles. The van der Waals surface area contributed by atoms with Crippen LogP contribution in [-0.4, -0.2) is 23.2 Å². The zero-order valence-corrected chi connectivity index (χ0v) is 17.4. The molecule has 0 radical (unpaired) electrons. The van der Waals surface area contributed by atoms with E-state index in [1.165, 1.54) is 10.7 Å². The highest BCUT2D eigenvalue weighted by Crippen LogP contribution is 2.31. The lowest BCUT2D eigenvalue weighted by Gasteiger charge is -2.11. The van der Waals surface area contributed by atoms with E-state index >= 15 is 0 Å². The summed E-state index contributed by atoms with van der Waals surface area (Å²) in [6.45, 7) is 3.93. The van der Waals surface area contributed by atoms with E-state index in [1.807, 2.05) is 13.8 Å². The number of nitrogens with zero attached hydrogens (tertiary/aromatic N) is 3. The predicted molar refractivity (Wildman–Crippen MR) is 112 cm³/mol. The fourth-order valence-electron chi connectivity index (χ4n) is 2.95. The SMILES string of the molecule is CC(C)c1cc(OS(=O)(=O)c2cccc3cccnc23)n(-c2ccccc2Cl)n1. The van der Waals surface area contributed by atoms with Crippen molar-refractivity contribution in [1.29, 1.82) is 0 Å². The first-order valence-electron chi connectivity index (χ1n) is 9.00. The molecule has 4 aromatic rings. The van der Waals surface area contributed by atoms with Gasteiger partial charge in [0.05, 0.1) is 21.9 Å². The lowest BCUT2D eigenvalue weighted by molar-refractivity contribution is 0.465. The van der Waals surface area contributed by atoms with Crippen LogP contribution < -0.4 is 4.18 Å². The molecule has 0 aliphatic carbocycles. The standard InChI is InChI=1S/C21H18ClN3O3S/c1-14(2)17-13-20(25(24-17)18-10-4-3-9-16(18)22)28-29(26,27)19-11-5-7-15-8-6-12-23-21(15)19/h3-14H,1-2H3. The summed E-state index contributed by atoms with van der Waals surface area (Å²) in [7, 11) is -4.16. The summed E-state index contributed by atoms with van der Waals surface area (Å²) in [5.41, 5.74) is 1.57. The molecule has 8 heteroatoms. The number of hydrogen-bond donors (Lipinski definition) is 0. The number of benzene rings is 2. The summed E-state index contributed by atoms with van der Waals surface area (Å²) >= 11 is 6.31. The first-order valence-corrected chi connectivity index (χ1v) is 10.8. The first kappa shape index (κ1) is 19.4. The summed E-state index contributed by atoms with van der Waals surface area (Å²) in [5.74, 6) is 0.137. The Bertz CT molecular complexity index is 1290. The number of rotatable bonds is 5. The van der Waals surface area contributed by atoms with Crippen LogP contribution in [0.15, 0.2) is 71.8 Å². The van der Waals surface area contributed by atoms with Crippen LogP contribution in [0.3, 0.4) is 0 Å². The molecule has 2 heterocycles. The number of halogens is 1. The molecule has 2 aromatic carbocycles. The summed E-state index contributed by atoms with van der Waals surface area (Å²) < 4.78 is 33.2. The lowest BCUT2D eigenvalue weighted by Crippen LogP contribution is -2.13. The van der Waals surface area contributed by atoms with Crippen LogP contribution in [0.1, 0.15) is 25.5 Å². The zero-order chi connectivity index (χ0) is 20.6. The minimum atomic E-state index is -4.16. The molecule has 0 bridgehead atoms. The third-order valence-electron chi connectivity index (χ3n) is 4.43. The van der Waals surface area contributed by atoms with Gasteiger partial charge in [-0.25, -0.2) is 0 Å². The third-order valence-corrected chi connectivity index (χ3v) is 6.01. The third kappa shape index (κ3) is 3.71. The highest BCUT2D eigenvalue weighted by molar-refractivity contribution is 7.87. The highest BCUT2D eigenvalue weighted by atomic mass is 35.5. The van der Waals surface area contributed by atoms with Crippen LogP contribution in [0.5, 0.6) is 5.88 Å². The Hall–Kier alpha value is -2.90. The first-order chi connectivity index (χ1) is 13.9. The van der Waals surface area contributed by atoms with E-state index in [0.29, 0.717) is 27.3 Å². The molecule has 0 aliphatic rings. The molecule has 148 valence electrons. The topological polar surface area (TPSA) is 74.1 Å². The van der Waals surface area contributed by atoms with Gasteiger partial charge >= 0.3 is 10.1 Å². The van der Waals surface area contributed by atoms with Crippen molar-refractivity contribution in [2.75, 3.05) is 0 Å². The average Bonchev–Trinajstić information content (AvgIpc) is 3.11. The molecule has 0 fully saturated rings. The van der Waals surface area contributed by atoms with Gasteiger partial charge in [0, 0.05) is 17.6 Å². The number of hydrogen-bond acceptors (Lipinski definition) is 5. The Labute approximate surface area is 173 Å². The molecule has 0 spiro atoms. The van der Waals surface area contributed by atoms with E-state index in [9.17, 15) is 8.42 Å². The average molecular weight is 428 g/mol. The Morgan fingerprint density at radius 1 is 1.03 bits per heavy atom. The smallest absolute Gasteiger partial charge is 0.342 e. The molecule has 0 amide bonds. The monoisotopic (exact) mass is 427 g/mol. The second-order valence-electron chi connectivity index (χ2n) is 6.79. The summed E-state index contributed by atoms with van der Waals surface area (Å²) in [6.07, 6.45) is 1.55. The summed E-state index contributed by atoms with van der Waals surface area (Å²) in [4.78, 5) is 4.21. The van der Waals surface area contributed by atoms with Gasteiger partial charge in [0.15, 0.2) is 0 Å². The maximum Gasteiger partial charge on any atom is 0.342 e. The van der Waals surface area contributed by atoms with Gasteiger partial charge in [0.1, 0.15) is 4.90 Å². The van der Waals surface area contributed by atoms with Gasteiger partial charge in [-0.2, -0.15) is 18.2 Å². The van der Waals surface area contributed by atoms with Crippen LogP contribution >= 0.6 is 11.6 Å². The molecule has 29 heavy (non-hydrogen) atoms. The van der Waals surface area contributed by atoms with Crippen molar-refractivity contribution in [3.05, 3.63) is 77.6 Å². The Morgan fingerprint density at radius 3 is 2.55 bits per heavy atom. The number of para-hydroxylation sites is 2. The molecular formula is C21H18ClN3O3S. The summed E-state index contributed by atoms with van der Waals surface area (Å²) in [5, 5.41) is 5.65. The number of aromatic nitrogens is 3. The van der Waals surface area contributed by atoms with Crippen molar-refractivity contribution >= 4 is 32.6 Å². The van der Waals surface area contributed by atoms with E-state index in [0.717, 1.165) is 0 Å². The molecule has 0 unspecified atom stereocenters. The van der Waals surface area contributed by atoms with Crippen molar-refractivity contribution in [2.45, 2.75) is 24.7 Å². The van der Waals surface area contributed by atoms with Gasteiger partial charge in [-0.15, -0.1) is 0 Å². The normalized spacial score (nSPS) is 11.9. The quantitative estimate of drug-likeness (QED) is 0.420. The summed E-state index contributed by atoms with van der Waals surface area (Å²) in [6, 6.07) is 17.1. The van der Waals surface area contributed by atoms with Crippen LogP contribution in [0.4, 0.5) is 0 Å². The molecule has 2 aromatic heterocycles. The largest absolute Gasteiger partial charge is 0.358 e. The second kappa shape index (κ2) is 7.50. The molecule has 0 N–H and O–H groups in total. The van der Waals surface area contributed by atoms with Crippen LogP contribution in [0.2, 0.25) is 5.02 Å². The minimum absolute atomic E-state index is 0.00592. The van der Waals surface area contributed by atoms with Crippen molar-refractivity contribution < 1.29 is 12.6 Å². The van der Waals surface area contributed by atoms with E-state index < -0.39 is 10.1 Å². The maximum absolute atomic E-state index is 13.1. The second-order valence-corrected chi connectivity index (χ2v) is 8.72. The van der Waals surface area contributed by atoms with Crippen molar-refractivity contribution in [1.82, 2.24) is 14.8 Å². The van der Waals surface area contributed by atoms with Gasteiger partial charge in [-0.1, -0.05) is 55.8 Å². The Kier molecular flexibility index (Phi) is 5.02. The van der Waals surface area contributed by atoms with E-state index in [4.69, 9.17) is 15.8 Å². The van der Waals surface area contributed by atoms with E-state index in [1.54, 1.807) is 60.8 Å². The van der Waals surface area contributed by atoms with Crippen molar-refractivity contribution in [3.8, 4) is 11.6 Å². The molecule has 4 rings (SSSR count). The van der Waals surface area contributed by atoms with Gasteiger partial charge in [0.2, 0.25) is 5.88 Å². The van der Waals surface area contributed by atoms with Gasteiger partial charge in [-0.05, 0) is 30.2 Å². The Morgan fingerprint density at radius 2 is 1.79 bits per heavy atom. The van der Waals surface area contributed by atoms with E-state index in [-0.39, 0.29) is 16.7 Å². The predicted octanol–water partition coefficient (Wildman–Crippen LogP) is 4.97. The number of fused-ring (bicyclic) bond motifs is 1. The zero-order valence-electron chi connectivity index (χ0n) is 15.8. The lowest BCUT2D eigenvalue weighted by atomic mass is 10.1. The van der Waals surface area contributed by atoms with Crippen LogP contribution in [0, 0.1) is 0 Å². The molecule has 6 nitrogen and oxygen atoms in total. The van der Waals surface area contributed by atoms with Crippen LogP contribution in [0.25, 0.3) is 16.6 Å². The van der Waals surface area contributed by atoms with Crippen molar-refractivity contribution in [2.24, 2.45) is 0 Å². The van der Waals surface area contributed by atoms with Gasteiger partial charge in [-0.3, -0.25) is 4.98 Å². The fraction of sp³-hybridized carbons (Fsp3) is 0.143. The fourth-order valence-corrected chi connectivity index (χ4v) is 4.26. The molecular weight excluding hydrogens is 410 g/mol. The van der Waals surface area contributed by atoms with Gasteiger partial charge < -0.3 is 4.18 Å². The molecule has 0 aliphatic heterocycles. The van der Waals surface area contributed by atoms with Crippen molar-refractivity contribution in [3.63, 3.8) is 0 Å². The Balaban J connectivity index is 1.84. The number of pyridine rings is 1. The van der Waals surface area contributed by atoms with Gasteiger partial charge in [0.25, 0.3) is 0 Å². The van der Waals surface area contributed by atoms with Crippen LogP contribution in [-0.2, 0) is 10.1 Å². The highest BCUT2D eigenvalue weighted by Gasteiger charge is 2.25. The molecule has 0 atom stereocenters. The minimum Gasteiger partial charge on any atom is -0.358 e. The maximum atomic E-state index is 13.1.